The molecule has 1 N–H and O–H groups in total. The van der Waals surface area contributed by atoms with Crippen LogP contribution in [0.5, 0.6) is 0 Å². The van der Waals surface area contributed by atoms with Crippen molar-refractivity contribution in [2.75, 3.05) is 7.05 Å². The number of hydrogen-bond donors (Lipinski definition) is 1. The Morgan fingerprint density at radius 1 is 1.32 bits per heavy atom. The summed E-state index contributed by atoms with van der Waals surface area (Å²) in [5.41, 5.74) is -0.727. The van der Waals surface area contributed by atoms with E-state index >= 15 is 0 Å². The fourth-order valence-corrected chi connectivity index (χ4v) is 2.54. The Morgan fingerprint density at radius 3 is 2.47 bits per heavy atom. The first kappa shape index (κ1) is 14.3. The molecule has 0 aromatic heterocycles. The van der Waals surface area contributed by atoms with E-state index < -0.39 is 23.6 Å². The van der Waals surface area contributed by atoms with Crippen LogP contribution in [0.1, 0.15) is 42.9 Å². The Bertz CT molecular complexity index is 438. The van der Waals surface area contributed by atoms with E-state index in [4.69, 9.17) is 0 Å². The fourth-order valence-electron chi connectivity index (χ4n) is 2.54. The van der Waals surface area contributed by atoms with Crippen molar-refractivity contribution in [1.82, 2.24) is 5.32 Å². The van der Waals surface area contributed by atoms with Crippen molar-refractivity contribution in [3.63, 3.8) is 0 Å². The molecule has 0 aliphatic heterocycles. The highest BCUT2D eigenvalue weighted by molar-refractivity contribution is 5.33. The lowest BCUT2D eigenvalue weighted by Crippen LogP contribution is -2.25. The Morgan fingerprint density at radius 2 is 2.00 bits per heavy atom. The van der Waals surface area contributed by atoms with E-state index in [1.54, 1.807) is 7.05 Å². The van der Waals surface area contributed by atoms with Crippen molar-refractivity contribution in [3.8, 4) is 0 Å². The third kappa shape index (κ3) is 3.26. The molecule has 0 radical (unpaired) electrons. The van der Waals surface area contributed by atoms with Gasteiger partial charge in [0.2, 0.25) is 0 Å². The normalized spacial score (nSPS) is 18.2. The van der Waals surface area contributed by atoms with Gasteiger partial charge in [-0.3, -0.25) is 0 Å². The predicted octanol–water partition coefficient (Wildman–Crippen LogP) is 4.30. The van der Waals surface area contributed by atoms with Crippen LogP contribution in [0.4, 0.5) is 17.6 Å². The smallest absolute Gasteiger partial charge is 0.313 e. The third-order valence-electron chi connectivity index (χ3n) is 3.84. The Kier molecular flexibility index (Phi) is 4.13. The molecule has 1 aliphatic rings. The maximum absolute atomic E-state index is 13.3. The van der Waals surface area contributed by atoms with Crippen molar-refractivity contribution in [2.45, 2.75) is 37.9 Å². The van der Waals surface area contributed by atoms with E-state index in [0.29, 0.717) is 12.3 Å². The fraction of sp³-hybridized carbons (Fsp3) is 0.571. The van der Waals surface area contributed by atoms with Crippen LogP contribution in [-0.4, -0.2) is 7.05 Å². The van der Waals surface area contributed by atoms with Crippen molar-refractivity contribution in [1.29, 1.82) is 0 Å². The molecule has 0 bridgehead atoms. The van der Waals surface area contributed by atoms with Gasteiger partial charge in [0.25, 0.3) is 0 Å². The van der Waals surface area contributed by atoms with Gasteiger partial charge in [-0.1, -0.05) is 19.3 Å². The molecule has 1 atom stereocenters. The third-order valence-corrected chi connectivity index (χ3v) is 3.84. The monoisotopic (exact) mass is 275 g/mol. The molecular weight excluding hydrogens is 258 g/mol. The number of halogens is 4. The summed E-state index contributed by atoms with van der Waals surface area (Å²) in [6, 6.07) is 2.25. The Hall–Kier alpha value is -1.10. The van der Waals surface area contributed by atoms with Crippen LogP contribution in [0.15, 0.2) is 18.2 Å². The molecule has 1 aromatic rings. The van der Waals surface area contributed by atoms with Gasteiger partial charge in [0.15, 0.2) is 0 Å². The molecule has 0 amide bonds. The summed E-state index contributed by atoms with van der Waals surface area (Å²) < 4.78 is 52.1. The second-order valence-corrected chi connectivity index (χ2v) is 5.10. The lowest BCUT2D eigenvalue weighted by Gasteiger charge is -2.31. The predicted molar refractivity (Wildman–Crippen MR) is 65.2 cm³/mol. The quantitative estimate of drug-likeness (QED) is 0.808. The van der Waals surface area contributed by atoms with Gasteiger partial charge in [0.1, 0.15) is 5.82 Å². The van der Waals surface area contributed by atoms with E-state index in [0.717, 1.165) is 37.5 Å². The highest BCUT2D eigenvalue weighted by atomic mass is 19.4. The number of rotatable bonds is 4. The van der Waals surface area contributed by atoms with E-state index in [1.807, 2.05) is 0 Å². The van der Waals surface area contributed by atoms with Crippen molar-refractivity contribution in [3.05, 3.63) is 35.1 Å². The summed E-state index contributed by atoms with van der Waals surface area (Å²) >= 11 is 0. The van der Waals surface area contributed by atoms with Gasteiger partial charge in [0, 0.05) is 6.04 Å². The van der Waals surface area contributed by atoms with Gasteiger partial charge >= 0.3 is 6.18 Å². The average Bonchev–Trinajstić information content (AvgIpc) is 2.26. The van der Waals surface area contributed by atoms with Crippen molar-refractivity contribution < 1.29 is 17.6 Å². The largest absolute Gasteiger partial charge is 0.416 e. The SMILES string of the molecule is CNC(CC1CCC1)c1cc(F)ccc1C(F)(F)F. The van der Waals surface area contributed by atoms with Gasteiger partial charge in [-0.2, -0.15) is 13.2 Å². The number of nitrogens with one attached hydrogen (secondary N) is 1. The second-order valence-electron chi connectivity index (χ2n) is 5.10. The summed E-state index contributed by atoms with van der Waals surface area (Å²) in [5, 5.41) is 2.89. The van der Waals surface area contributed by atoms with Crippen molar-refractivity contribution >= 4 is 0 Å². The van der Waals surface area contributed by atoms with Gasteiger partial charge in [-0.05, 0) is 43.1 Å². The lowest BCUT2D eigenvalue weighted by molar-refractivity contribution is -0.138. The highest BCUT2D eigenvalue weighted by Crippen LogP contribution is 2.39. The summed E-state index contributed by atoms with van der Waals surface area (Å²) in [7, 11) is 1.62. The van der Waals surface area contributed by atoms with Gasteiger partial charge < -0.3 is 5.32 Å². The zero-order valence-electron chi connectivity index (χ0n) is 10.7. The number of benzene rings is 1. The maximum Gasteiger partial charge on any atom is 0.416 e. The summed E-state index contributed by atoms with van der Waals surface area (Å²) in [6.45, 7) is 0. The lowest BCUT2D eigenvalue weighted by atomic mass is 9.79. The molecule has 0 heterocycles. The van der Waals surface area contributed by atoms with Crippen LogP contribution < -0.4 is 5.32 Å². The minimum atomic E-state index is -4.45. The number of hydrogen-bond acceptors (Lipinski definition) is 1. The van der Waals surface area contributed by atoms with Crippen LogP contribution in [0, 0.1) is 11.7 Å². The summed E-state index contributed by atoms with van der Waals surface area (Å²) in [6.07, 6.45) is -0.582. The molecule has 19 heavy (non-hydrogen) atoms. The molecule has 1 nitrogen and oxygen atoms in total. The average molecular weight is 275 g/mol. The van der Waals surface area contributed by atoms with E-state index in [2.05, 4.69) is 5.32 Å². The zero-order valence-corrected chi connectivity index (χ0v) is 10.7. The minimum absolute atomic E-state index is 0.0156. The van der Waals surface area contributed by atoms with Crippen LogP contribution in [0.3, 0.4) is 0 Å². The second kappa shape index (κ2) is 5.49. The summed E-state index contributed by atoms with van der Waals surface area (Å²) in [5.74, 6) is -0.182. The molecule has 0 saturated heterocycles. The molecule has 1 saturated carbocycles. The standard InChI is InChI=1S/C14H17F4N/c1-19-13(7-9-3-2-4-9)11-8-10(15)5-6-12(11)14(16,17)18/h5-6,8-9,13,19H,2-4,7H2,1H3. The summed E-state index contributed by atoms with van der Waals surface area (Å²) in [4.78, 5) is 0. The van der Waals surface area contributed by atoms with E-state index in [1.165, 1.54) is 0 Å². The maximum atomic E-state index is 13.3. The molecule has 106 valence electrons. The molecular formula is C14H17F4N. The topological polar surface area (TPSA) is 12.0 Å². The van der Waals surface area contributed by atoms with Crippen LogP contribution in [0.2, 0.25) is 0 Å². The van der Waals surface area contributed by atoms with Crippen LogP contribution >= 0.6 is 0 Å². The first-order valence-corrected chi connectivity index (χ1v) is 6.45. The van der Waals surface area contributed by atoms with Gasteiger partial charge in [-0.25, -0.2) is 4.39 Å². The minimum Gasteiger partial charge on any atom is -0.313 e. The molecule has 1 fully saturated rings. The van der Waals surface area contributed by atoms with E-state index in [9.17, 15) is 17.6 Å². The first-order chi connectivity index (χ1) is 8.91. The molecule has 1 aliphatic carbocycles. The van der Waals surface area contributed by atoms with Gasteiger partial charge in [0.05, 0.1) is 5.56 Å². The molecule has 5 heteroatoms. The van der Waals surface area contributed by atoms with Crippen LogP contribution in [-0.2, 0) is 6.18 Å². The van der Waals surface area contributed by atoms with Gasteiger partial charge in [-0.15, -0.1) is 0 Å². The zero-order chi connectivity index (χ0) is 14.0. The Labute approximate surface area is 110 Å². The molecule has 1 aromatic carbocycles. The first-order valence-electron chi connectivity index (χ1n) is 6.45. The molecule has 2 rings (SSSR count). The number of alkyl halides is 3. The van der Waals surface area contributed by atoms with E-state index in [-0.39, 0.29) is 5.56 Å². The highest BCUT2D eigenvalue weighted by Gasteiger charge is 2.36. The van der Waals surface area contributed by atoms with Crippen molar-refractivity contribution in [2.24, 2.45) is 5.92 Å². The molecule has 1 unspecified atom stereocenters. The van der Waals surface area contributed by atoms with Crippen LogP contribution in [0.25, 0.3) is 0 Å². The molecule has 0 spiro atoms. The Balaban J connectivity index is 2.31.